The van der Waals surface area contributed by atoms with Crippen molar-refractivity contribution in [2.45, 2.75) is 33.1 Å². The van der Waals surface area contributed by atoms with Crippen LogP contribution in [0.25, 0.3) is 0 Å². The molecule has 0 radical (unpaired) electrons. The predicted molar refractivity (Wildman–Crippen MR) is 66.9 cm³/mol. The van der Waals surface area contributed by atoms with Gasteiger partial charge < -0.3 is 5.32 Å². The summed E-state index contributed by atoms with van der Waals surface area (Å²) in [5, 5.41) is 3.30. The molecule has 1 aliphatic rings. The highest BCUT2D eigenvalue weighted by molar-refractivity contribution is 7.89. The Morgan fingerprint density at radius 1 is 1.31 bits per heavy atom. The van der Waals surface area contributed by atoms with Crippen molar-refractivity contribution in [3.05, 3.63) is 0 Å². The third-order valence-corrected chi connectivity index (χ3v) is 4.83. The van der Waals surface area contributed by atoms with E-state index < -0.39 is 10.0 Å². The molecule has 0 bridgehead atoms. The zero-order chi connectivity index (χ0) is 12.0. The minimum absolute atomic E-state index is 0.334. The summed E-state index contributed by atoms with van der Waals surface area (Å²) in [4.78, 5) is 0. The van der Waals surface area contributed by atoms with Crippen molar-refractivity contribution in [1.82, 2.24) is 9.62 Å². The number of nitrogens with one attached hydrogen (secondary N) is 1. The largest absolute Gasteiger partial charge is 0.315 e. The molecule has 1 saturated heterocycles. The van der Waals surface area contributed by atoms with Crippen LogP contribution in [-0.2, 0) is 10.0 Å². The molecular formula is C11H24N2O2S. The van der Waals surface area contributed by atoms with Crippen LogP contribution in [0.15, 0.2) is 0 Å². The van der Waals surface area contributed by atoms with Crippen LogP contribution >= 0.6 is 0 Å². The summed E-state index contributed by atoms with van der Waals surface area (Å²) in [6.45, 7) is 7.54. The van der Waals surface area contributed by atoms with Gasteiger partial charge in [0.2, 0.25) is 10.0 Å². The van der Waals surface area contributed by atoms with Crippen LogP contribution in [0.5, 0.6) is 0 Å². The van der Waals surface area contributed by atoms with Gasteiger partial charge in [-0.05, 0) is 31.7 Å². The van der Waals surface area contributed by atoms with Gasteiger partial charge in [0.1, 0.15) is 0 Å². The molecule has 4 nitrogen and oxygen atoms in total. The Bertz CT molecular complexity index is 288. The maximum Gasteiger partial charge on any atom is 0.214 e. The minimum Gasteiger partial charge on any atom is -0.315 e. The molecule has 0 amide bonds. The number of hydrogen-bond acceptors (Lipinski definition) is 3. The number of sulfonamides is 1. The molecule has 1 heterocycles. The van der Waals surface area contributed by atoms with Crippen molar-refractivity contribution >= 4 is 10.0 Å². The molecular weight excluding hydrogens is 224 g/mol. The zero-order valence-corrected chi connectivity index (χ0v) is 11.2. The van der Waals surface area contributed by atoms with Crippen LogP contribution in [0.1, 0.15) is 33.1 Å². The van der Waals surface area contributed by atoms with E-state index in [0.29, 0.717) is 18.8 Å². The maximum atomic E-state index is 11.5. The van der Waals surface area contributed by atoms with E-state index in [-0.39, 0.29) is 0 Å². The average molecular weight is 248 g/mol. The van der Waals surface area contributed by atoms with E-state index in [4.69, 9.17) is 0 Å². The van der Waals surface area contributed by atoms with E-state index in [1.165, 1.54) is 12.8 Å². The van der Waals surface area contributed by atoms with Gasteiger partial charge in [0.15, 0.2) is 0 Å². The van der Waals surface area contributed by atoms with Gasteiger partial charge in [-0.2, -0.15) is 0 Å². The van der Waals surface area contributed by atoms with Crippen molar-refractivity contribution in [2.75, 3.05) is 31.9 Å². The molecule has 5 heteroatoms. The van der Waals surface area contributed by atoms with Gasteiger partial charge in [-0.1, -0.05) is 13.8 Å². The molecule has 0 atom stereocenters. The van der Waals surface area contributed by atoms with Gasteiger partial charge in [-0.3, -0.25) is 0 Å². The van der Waals surface area contributed by atoms with Crippen LogP contribution in [0.3, 0.4) is 0 Å². The van der Waals surface area contributed by atoms with Crippen LogP contribution in [0.4, 0.5) is 0 Å². The maximum absolute atomic E-state index is 11.5. The van der Waals surface area contributed by atoms with E-state index >= 15 is 0 Å². The fourth-order valence-corrected chi connectivity index (χ4v) is 3.44. The summed E-state index contributed by atoms with van der Waals surface area (Å²) in [5.41, 5.74) is 0. The zero-order valence-electron chi connectivity index (χ0n) is 10.4. The van der Waals surface area contributed by atoms with E-state index in [1.807, 2.05) is 0 Å². The van der Waals surface area contributed by atoms with E-state index in [0.717, 1.165) is 25.4 Å². The number of rotatable bonds is 7. The first-order valence-electron chi connectivity index (χ1n) is 6.21. The Hall–Kier alpha value is -0.130. The first-order chi connectivity index (χ1) is 7.52. The summed E-state index contributed by atoms with van der Waals surface area (Å²) < 4.78 is 24.5. The van der Waals surface area contributed by atoms with Crippen LogP contribution < -0.4 is 5.32 Å². The standard InChI is InChI=1S/C11H24N2O2S/c1-11(2)5-3-6-12-7-9-13-8-4-10-16(13,14)15/h11-12H,3-10H2,1-2H3. The second-order valence-corrected chi connectivity index (χ2v) is 6.94. The van der Waals surface area contributed by atoms with Crippen molar-refractivity contribution < 1.29 is 8.42 Å². The Morgan fingerprint density at radius 3 is 2.62 bits per heavy atom. The molecule has 1 aliphatic heterocycles. The summed E-state index contributed by atoms with van der Waals surface area (Å²) in [6.07, 6.45) is 3.19. The SMILES string of the molecule is CC(C)CCCNCCN1CCCS1(=O)=O. The smallest absolute Gasteiger partial charge is 0.214 e. The molecule has 0 spiro atoms. The quantitative estimate of drug-likeness (QED) is 0.685. The summed E-state index contributed by atoms with van der Waals surface area (Å²) in [6, 6.07) is 0. The van der Waals surface area contributed by atoms with Gasteiger partial charge in [0.25, 0.3) is 0 Å². The normalized spacial score (nSPS) is 20.7. The highest BCUT2D eigenvalue weighted by Crippen LogP contribution is 2.11. The van der Waals surface area contributed by atoms with E-state index in [1.54, 1.807) is 4.31 Å². The minimum atomic E-state index is -2.90. The average Bonchev–Trinajstić information content (AvgIpc) is 2.51. The summed E-state index contributed by atoms with van der Waals surface area (Å²) in [5.74, 6) is 1.08. The molecule has 0 aromatic rings. The molecule has 0 saturated carbocycles. The first kappa shape index (κ1) is 13.9. The fourth-order valence-electron chi connectivity index (χ4n) is 1.91. The van der Waals surface area contributed by atoms with Gasteiger partial charge >= 0.3 is 0 Å². The highest BCUT2D eigenvalue weighted by Gasteiger charge is 2.27. The van der Waals surface area contributed by atoms with Crippen molar-refractivity contribution in [3.63, 3.8) is 0 Å². The third-order valence-electron chi connectivity index (χ3n) is 2.88. The van der Waals surface area contributed by atoms with E-state index in [9.17, 15) is 8.42 Å². The Balaban J connectivity index is 2.03. The van der Waals surface area contributed by atoms with Gasteiger partial charge in [-0.25, -0.2) is 12.7 Å². The second kappa shape index (κ2) is 6.57. The van der Waals surface area contributed by atoms with Crippen molar-refractivity contribution in [1.29, 1.82) is 0 Å². The predicted octanol–water partition coefficient (Wildman–Crippen LogP) is 1.05. The van der Waals surface area contributed by atoms with Crippen LogP contribution in [0, 0.1) is 5.92 Å². The number of hydrogen-bond donors (Lipinski definition) is 1. The molecule has 0 aromatic carbocycles. The molecule has 1 N–H and O–H groups in total. The molecule has 1 fully saturated rings. The third kappa shape index (κ3) is 4.80. The Labute approximate surface area is 99.5 Å². The van der Waals surface area contributed by atoms with Crippen molar-refractivity contribution in [2.24, 2.45) is 5.92 Å². The highest BCUT2D eigenvalue weighted by atomic mass is 32.2. The number of nitrogens with zero attached hydrogens (tertiary/aromatic N) is 1. The lowest BCUT2D eigenvalue weighted by atomic mass is 10.1. The first-order valence-corrected chi connectivity index (χ1v) is 7.82. The lowest BCUT2D eigenvalue weighted by molar-refractivity contribution is 0.429. The van der Waals surface area contributed by atoms with Crippen molar-refractivity contribution in [3.8, 4) is 0 Å². The second-order valence-electron chi connectivity index (χ2n) is 4.85. The fraction of sp³-hybridized carbons (Fsp3) is 1.00. The lowest BCUT2D eigenvalue weighted by Crippen LogP contribution is -2.33. The molecule has 0 aromatic heterocycles. The van der Waals surface area contributed by atoms with Gasteiger partial charge in [0, 0.05) is 19.6 Å². The monoisotopic (exact) mass is 248 g/mol. The molecule has 0 aliphatic carbocycles. The topological polar surface area (TPSA) is 49.4 Å². The Kier molecular flexibility index (Phi) is 5.72. The van der Waals surface area contributed by atoms with Gasteiger partial charge in [0.05, 0.1) is 5.75 Å². The summed E-state index contributed by atoms with van der Waals surface area (Å²) >= 11 is 0. The molecule has 96 valence electrons. The van der Waals surface area contributed by atoms with E-state index in [2.05, 4.69) is 19.2 Å². The van der Waals surface area contributed by atoms with Gasteiger partial charge in [-0.15, -0.1) is 0 Å². The molecule has 1 rings (SSSR count). The lowest BCUT2D eigenvalue weighted by Gasteiger charge is -2.14. The van der Waals surface area contributed by atoms with Crippen LogP contribution in [-0.4, -0.2) is 44.7 Å². The molecule has 16 heavy (non-hydrogen) atoms. The summed E-state index contributed by atoms with van der Waals surface area (Å²) in [7, 11) is -2.90. The Morgan fingerprint density at radius 2 is 2.06 bits per heavy atom. The molecule has 0 unspecified atom stereocenters. The van der Waals surface area contributed by atoms with Crippen LogP contribution in [0.2, 0.25) is 0 Å².